The van der Waals surface area contributed by atoms with E-state index in [1.165, 1.54) is 18.0 Å². The van der Waals surface area contributed by atoms with Crippen LogP contribution < -0.4 is 10.0 Å². The fourth-order valence-corrected chi connectivity index (χ4v) is 3.10. The maximum absolute atomic E-state index is 12.3. The third kappa shape index (κ3) is 3.63. The van der Waals surface area contributed by atoms with E-state index >= 15 is 0 Å². The SMILES string of the molecule is CC(Sc1cccc[n+]1[O-])C(=O)Nc1ccc2ccccc2c1. The number of aromatic nitrogens is 1. The van der Waals surface area contributed by atoms with E-state index in [0.717, 1.165) is 21.2 Å². The van der Waals surface area contributed by atoms with Crippen LogP contribution in [-0.2, 0) is 4.79 Å². The Balaban J connectivity index is 1.71. The predicted molar refractivity (Wildman–Crippen MR) is 93.3 cm³/mol. The average Bonchev–Trinajstić information content (AvgIpc) is 2.56. The third-order valence-electron chi connectivity index (χ3n) is 3.47. The highest BCUT2D eigenvalue weighted by Gasteiger charge is 2.18. The van der Waals surface area contributed by atoms with Crippen LogP contribution in [0.2, 0.25) is 0 Å². The second-order valence-electron chi connectivity index (χ2n) is 5.18. The molecule has 1 N–H and O–H groups in total. The summed E-state index contributed by atoms with van der Waals surface area (Å²) in [5.74, 6) is -0.130. The number of benzene rings is 2. The summed E-state index contributed by atoms with van der Waals surface area (Å²) < 4.78 is 0.768. The minimum absolute atomic E-state index is 0.130. The molecule has 1 atom stereocenters. The number of anilines is 1. The first kappa shape index (κ1) is 15.4. The van der Waals surface area contributed by atoms with Gasteiger partial charge in [0.25, 0.3) is 5.03 Å². The quantitative estimate of drug-likeness (QED) is 0.453. The van der Waals surface area contributed by atoms with Gasteiger partial charge in [-0.3, -0.25) is 4.79 Å². The van der Waals surface area contributed by atoms with E-state index in [4.69, 9.17) is 0 Å². The van der Waals surface area contributed by atoms with Gasteiger partial charge in [0.05, 0.1) is 5.25 Å². The lowest BCUT2D eigenvalue weighted by atomic mass is 10.1. The standard InChI is InChI=1S/C18H16N2O2S/c1-13(23-17-8-4-5-11-20(17)22)18(21)19-16-10-9-14-6-2-3-7-15(14)12-16/h2-13H,1H3,(H,19,21). The van der Waals surface area contributed by atoms with E-state index in [1.54, 1.807) is 25.1 Å². The van der Waals surface area contributed by atoms with Crippen molar-refractivity contribution in [2.45, 2.75) is 17.2 Å². The second-order valence-corrected chi connectivity index (χ2v) is 6.54. The molecule has 23 heavy (non-hydrogen) atoms. The fourth-order valence-electron chi connectivity index (χ4n) is 2.25. The van der Waals surface area contributed by atoms with Crippen LogP contribution in [0.25, 0.3) is 10.8 Å². The molecular formula is C18H16N2O2S. The van der Waals surface area contributed by atoms with Crippen LogP contribution in [0, 0.1) is 5.21 Å². The smallest absolute Gasteiger partial charge is 0.252 e. The zero-order valence-electron chi connectivity index (χ0n) is 12.6. The Kier molecular flexibility index (Phi) is 4.48. The molecule has 0 fully saturated rings. The molecule has 3 aromatic rings. The van der Waals surface area contributed by atoms with Crippen molar-refractivity contribution in [2.75, 3.05) is 5.32 Å². The number of carbonyl (C=O) groups excluding carboxylic acids is 1. The second kappa shape index (κ2) is 6.71. The molecule has 0 saturated carbocycles. The lowest BCUT2D eigenvalue weighted by Gasteiger charge is -2.12. The van der Waals surface area contributed by atoms with Crippen molar-refractivity contribution < 1.29 is 9.52 Å². The number of carbonyl (C=O) groups is 1. The molecule has 0 aliphatic carbocycles. The Labute approximate surface area is 138 Å². The van der Waals surface area contributed by atoms with Gasteiger partial charge in [-0.2, -0.15) is 4.73 Å². The fraction of sp³-hybridized carbons (Fsp3) is 0.111. The summed E-state index contributed by atoms with van der Waals surface area (Å²) >= 11 is 1.24. The maximum atomic E-state index is 12.3. The van der Waals surface area contributed by atoms with Crippen LogP contribution in [-0.4, -0.2) is 11.2 Å². The summed E-state index contributed by atoms with van der Waals surface area (Å²) in [7, 11) is 0. The molecule has 0 aliphatic heterocycles. The lowest BCUT2D eigenvalue weighted by Crippen LogP contribution is -2.30. The number of pyridine rings is 1. The topological polar surface area (TPSA) is 56.0 Å². The van der Waals surface area contributed by atoms with E-state index < -0.39 is 0 Å². The van der Waals surface area contributed by atoms with Crippen molar-refractivity contribution in [2.24, 2.45) is 0 Å². The number of hydrogen-bond donors (Lipinski definition) is 1. The van der Waals surface area contributed by atoms with Crippen LogP contribution in [0.5, 0.6) is 0 Å². The molecule has 116 valence electrons. The average molecular weight is 324 g/mol. The number of nitrogens with one attached hydrogen (secondary N) is 1. The van der Waals surface area contributed by atoms with Gasteiger partial charge in [0.1, 0.15) is 0 Å². The molecule has 4 nitrogen and oxygen atoms in total. The number of thioether (sulfide) groups is 1. The Hall–Kier alpha value is -2.53. The van der Waals surface area contributed by atoms with E-state index in [-0.39, 0.29) is 11.2 Å². The van der Waals surface area contributed by atoms with E-state index in [1.807, 2.05) is 42.5 Å². The van der Waals surface area contributed by atoms with Gasteiger partial charge in [-0.1, -0.05) is 30.3 Å². The minimum atomic E-state index is -0.371. The zero-order valence-corrected chi connectivity index (χ0v) is 13.4. The van der Waals surface area contributed by atoms with Gasteiger partial charge >= 0.3 is 0 Å². The van der Waals surface area contributed by atoms with Gasteiger partial charge < -0.3 is 10.5 Å². The predicted octanol–water partition coefficient (Wildman–Crippen LogP) is 3.59. The monoisotopic (exact) mass is 324 g/mol. The minimum Gasteiger partial charge on any atom is -0.618 e. The Bertz CT molecular complexity index is 851. The Morgan fingerprint density at radius 3 is 2.61 bits per heavy atom. The number of fused-ring (bicyclic) bond motifs is 1. The highest BCUT2D eigenvalue weighted by atomic mass is 32.2. The largest absolute Gasteiger partial charge is 0.618 e. The first-order chi connectivity index (χ1) is 11.1. The molecule has 1 aromatic heterocycles. The van der Waals surface area contributed by atoms with Gasteiger partial charge in [-0.25, -0.2) is 0 Å². The molecule has 0 aliphatic rings. The highest BCUT2D eigenvalue weighted by molar-refractivity contribution is 8.00. The van der Waals surface area contributed by atoms with Crippen LogP contribution in [0.3, 0.4) is 0 Å². The number of hydrogen-bond acceptors (Lipinski definition) is 3. The number of nitrogens with zero attached hydrogens (tertiary/aromatic N) is 1. The van der Waals surface area contributed by atoms with Crippen molar-refractivity contribution >= 4 is 34.1 Å². The van der Waals surface area contributed by atoms with Gasteiger partial charge in [-0.05, 0) is 47.7 Å². The summed E-state index contributed by atoms with van der Waals surface area (Å²) in [6.45, 7) is 1.79. The molecule has 1 heterocycles. The Morgan fingerprint density at radius 2 is 1.83 bits per heavy atom. The van der Waals surface area contributed by atoms with Gasteiger partial charge in [0, 0.05) is 17.8 Å². The van der Waals surface area contributed by atoms with Crippen molar-refractivity contribution in [3.8, 4) is 0 Å². The molecule has 0 radical (unpaired) electrons. The van der Waals surface area contributed by atoms with E-state index in [9.17, 15) is 10.0 Å². The molecule has 2 aromatic carbocycles. The summed E-state index contributed by atoms with van der Waals surface area (Å²) in [6.07, 6.45) is 1.43. The first-order valence-electron chi connectivity index (χ1n) is 7.28. The summed E-state index contributed by atoms with van der Waals surface area (Å²) in [5, 5.41) is 16.9. The number of rotatable bonds is 4. The van der Waals surface area contributed by atoms with Crippen molar-refractivity contribution in [3.63, 3.8) is 0 Å². The van der Waals surface area contributed by atoms with Gasteiger partial charge in [0.2, 0.25) is 5.91 Å². The molecule has 0 saturated heterocycles. The van der Waals surface area contributed by atoms with E-state index in [0.29, 0.717) is 5.03 Å². The summed E-state index contributed by atoms with van der Waals surface area (Å²) in [5.41, 5.74) is 0.754. The lowest BCUT2D eigenvalue weighted by molar-refractivity contribution is -0.645. The molecule has 5 heteroatoms. The first-order valence-corrected chi connectivity index (χ1v) is 8.16. The summed E-state index contributed by atoms with van der Waals surface area (Å²) in [6, 6.07) is 18.9. The number of amides is 1. The van der Waals surface area contributed by atoms with Crippen molar-refractivity contribution in [1.29, 1.82) is 0 Å². The molecular weight excluding hydrogens is 308 g/mol. The normalized spacial score (nSPS) is 12.0. The van der Waals surface area contributed by atoms with Crippen LogP contribution in [0.15, 0.2) is 71.9 Å². The van der Waals surface area contributed by atoms with E-state index in [2.05, 4.69) is 5.32 Å². The molecule has 3 rings (SSSR count). The molecule has 0 spiro atoms. The molecule has 1 amide bonds. The molecule has 1 unspecified atom stereocenters. The third-order valence-corrected chi connectivity index (χ3v) is 4.60. The van der Waals surface area contributed by atoms with Crippen LogP contribution >= 0.6 is 11.8 Å². The zero-order chi connectivity index (χ0) is 16.2. The Morgan fingerprint density at radius 1 is 1.09 bits per heavy atom. The maximum Gasteiger partial charge on any atom is 0.252 e. The van der Waals surface area contributed by atoms with Gasteiger partial charge in [0.15, 0.2) is 6.20 Å². The summed E-state index contributed by atoms with van der Waals surface area (Å²) in [4.78, 5) is 12.3. The molecule has 0 bridgehead atoms. The highest BCUT2D eigenvalue weighted by Crippen LogP contribution is 2.22. The van der Waals surface area contributed by atoms with Crippen LogP contribution in [0.1, 0.15) is 6.92 Å². The van der Waals surface area contributed by atoms with Gasteiger partial charge in [-0.15, -0.1) is 0 Å². The van der Waals surface area contributed by atoms with Crippen molar-refractivity contribution in [1.82, 2.24) is 0 Å². The van der Waals surface area contributed by atoms with Crippen LogP contribution in [0.4, 0.5) is 5.69 Å². The van der Waals surface area contributed by atoms with Crippen molar-refractivity contribution in [3.05, 3.63) is 72.1 Å².